The number of carbonyl (C=O) groups is 2. The summed E-state index contributed by atoms with van der Waals surface area (Å²) in [5, 5.41) is 14.8. The van der Waals surface area contributed by atoms with Gasteiger partial charge in [-0.05, 0) is 68.1 Å². The number of allylic oxidation sites excluding steroid dienone is 1. The minimum Gasteiger partial charge on any atom is -0.368 e. The Bertz CT molecular complexity index is 1830. The lowest BCUT2D eigenvalue weighted by Gasteiger charge is -2.30. The summed E-state index contributed by atoms with van der Waals surface area (Å²) < 4.78 is 62.2. The van der Waals surface area contributed by atoms with Crippen molar-refractivity contribution in [3.8, 4) is 0 Å². The van der Waals surface area contributed by atoms with E-state index < -0.39 is 35.4 Å². The molecule has 0 bridgehead atoms. The van der Waals surface area contributed by atoms with Crippen LogP contribution in [0.25, 0.3) is 10.8 Å². The lowest BCUT2D eigenvalue weighted by molar-refractivity contribution is -0.140. The average molecular weight is 638 g/mol. The fourth-order valence-electron chi connectivity index (χ4n) is 5.75. The van der Waals surface area contributed by atoms with Crippen LogP contribution in [-0.2, 0) is 20.5 Å². The molecule has 1 atom stereocenters. The molecular formula is C32H31F4N7O3. The molecule has 1 saturated heterocycles. The van der Waals surface area contributed by atoms with Gasteiger partial charge in [0.05, 0.1) is 17.2 Å². The van der Waals surface area contributed by atoms with Gasteiger partial charge < -0.3 is 25.6 Å². The number of ether oxygens (including phenoxy) is 1. The van der Waals surface area contributed by atoms with Crippen molar-refractivity contribution < 1.29 is 31.9 Å². The molecular weight excluding hydrogens is 606 g/mol. The Hall–Kier alpha value is -4.82. The van der Waals surface area contributed by atoms with Crippen molar-refractivity contribution >= 4 is 39.9 Å². The predicted molar refractivity (Wildman–Crippen MR) is 164 cm³/mol. The Labute approximate surface area is 261 Å². The summed E-state index contributed by atoms with van der Waals surface area (Å²) in [7, 11) is 2.02. The number of pyridine rings is 1. The van der Waals surface area contributed by atoms with Gasteiger partial charge in [0.2, 0.25) is 0 Å². The second-order valence-electron chi connectivity index (χ2n) is 11.4. The Kier molecular flexibility index (Phi) is 8.49. The van der Waals surface area contributed by atoms with Crippen LogP contribution < -0.4 is 16.0 Å². The molecule has 0 aliphatic carbocycles. The van der Waals surface area contributed by atoms with E-state index in [4.69, 9.17) is 4.74 Å². The van der Waals surface area contributed by atoms with E-state index in [0.717, 1.165) is 48.8 Å². The number of hydrogen-bond donors (Lipinski definition) is 3. The van der Waals surface area contributed by atoms with Gasteiger partial charge >= 0.3 is 6.18 Å². The number of carbonyl (C=O) groups excluding carboxylic acids is 2. The molecule has 2 aromatic heterocycles. The highest BCUT2D eigenvalue weighted by Crippen LogP contribution is 2.40. The van der Waals surface area contributed by atoms with Gasteiger partial charge in [0, 0.05) is 48.3 Å². The standard InChI is InChI=1S/C32H31F4N7O3/c1-18-29(31(45)39-22-5-3-21-16-37-10-7-19(21)13-22)30(20-4-6-24(25(33)14-20)32(34,35)36)43-27(38-18)15-26(41-43)40-28(44)17-46-23-8-11-42(2)12-9-23/h3-7,10,13-16,23,30,38H,8-9,11-12,17H2,1-2H3,(H,39,45)(H,40,41,44). The van der Waals surface area contributed by atoms with Crippen LogP contribution in [0, 0.1) is 5.82 Å². The van der Waals surface area contributed by atoms with Crippen molar-refractivity contribution in [2.45, 2.75) is 38.1 Å². The van der Waals surface area contributed by atoms with Crippen molar-refractivity contribution in [3.63, 3.8) is 0 Å². The molecule has 14 heteroatoms. The fraction of sp³-hybridized carbons (Fsp3) is 0.312. The van der Waals surface area contributed by atoms with E-state index in [9.17, 15) is 27.2 Å². The number of fused-ring (bicyclic) bond motifs is 2. The van der Waals surface area contributed by atoms with E-state index in [-0.39, 0.29) is 29.7 Å². The summed E-state index contributed by atoms with van der Waals surface area (Å²) in [5.74, 6) is -2.06. The number of likely N-dealkylation sites (tertiary alicyclic amines) is 1. The molecule has 1 unspecified atom stereocenters. The summed E-state index contributed by atoms with van der Waals surface area (Å²) >= 11 is 0. The van der Waals surface area contributed by atoms with Gasteiger partial charge in [-0.1, -0.05) is 12.1 Å². The molecule has 2 aliphatic heterocycles. The van der Waals surface area contributed by atoms with Gasteiger partial charge in [0.1, 0.15) is 24.3 Å². The van der Waals surface area contributed by atoms with Crippen molar-refractivity contribution in [2.75, 3.05) is 42.7 Å². The topological polar surface area (TPSA) is 113 Å². The minimum absolute atomic E-state index is 0.0371. The number of aromatic nitrogens is 3. The van der Waals surface area contributed by atoms with E-state index >= 15 is 0 Å². The molecule has 2 aliphatic rings. The van der Waals surface area contributed by atoms with E-state index in [2.05, 4.69) is 30.9 Å². The van der Waals surface area contributed by atoms with Crippen molar-refractivity contribution in [3.05, 3.63) is 89.1 Å². The van der Waals surface area contributed by atoms with Crippen LogP contribution in [0.5, 0.6) is 0 Å². The van der Waals surface area contributed by atoms with Crippen LogP contribution in [0.2, 0.25) is 0 Å². The molecule has 4 aromatic rings. The maximum absolute atomic E-state index is 14.9. The van der Waals surface area contributed by atoms with Gasteiger partial charge in [-0.25, -0.2) is 9.07 Å². The highest BCUT2D eigenvalue weighted by Gasteiger charge is 2.37. The maximum Gasteiger partial charge on any atom is 0.419 e. The number of anilines is 3. The van der Waals surface area contributed by atoms with E-state index in [1.54, 1.807) is 43.6 Å². The Balaban J connectivity index is 1.29. The summed E-state index contributed by atoms with van der Waals surface area (Å²) in [6, 6.07) is 9.92. The van der Waals surface area contributed by atoms with Gasteiger partial charge in [-0.3, -0.25) is 14.6 Å². The van der Waals surface area contributed by atoms with Gasteiger partial charge in [0.15, 0.2) is 5.82 Å². The Morgan fingerprint density at radius 1 is 1.04 bits per heavy atom. The monoisotopic (exact) mass is 637 g/mol. The maximum atomic E-state index is 14.9. The van der Waals surface area contributed by atoms with E-state index in [1.165, 1.54) is 10.7 Å². The first-order chi connectivity index (χ1) is 22.0. The molecule has 0 radical (unpaired) electrons. The van der Waals surface area contributed by atoms with Gasteiger partial charge in [-0.15, -0.1) is 0 Å². The first kappa shape index (κ1) is 31.2. The molecule has 6 rings (SSSR count). The highest BCUT2D eigenvalue weighted by molar-refractivity contribution is 6.07. The number of amides is 2. The second kappa shape index (κ2) is 12.5. The summed E-state index contributed by atoms with van der Waals surface area (Å²) in [6.45, 7) is 3.18. The smallest absolute Gasteiger partial charge is 0.368 e. The number of nitrogens with zero attached hydrogens (tertiary/aromatic N) is 4. The minimum atomic E-state index is -4.90. The number of rotatable bonds is 7. The number of nitrogens with one attached hydrogen (secondary N) is 3. The van der Waals surface area contributed by atoms with E-state index in [0.29, 0.717) is 23.3 Å². The number of halogens is 4. The molecule has 3 N–H and O–H groups in total. The number of hydrogen-bond acceptors (Lipinski definition) is 7. The van der Waals surface area contributed by atoms with Crippen LogP contribution in [0.3, 0.4) is 0 Å². The zero-order valence-electron chi connectivity index (χ0n) is 25.0. The predicted octanol–water partition coefficient (Wildman–Crippen LogP) is 5.57. The third-order valence-corrected chi connectivity index (χ3v) is 8.11. The van der Waals surface area contributed by atoms with E-state index in [1.807, 2.05) is 7.05 Å². The largest absolute Gasteiger partial charge is 0.419 e. The average Bonchev–Trinajstić information content (AvgIpc) is 3.40. The lowest BCUT2D eigenvalue weighted by atomic mass is 9.93. The number of alkyl halides is 3. The summed E-state index contributed by atoms with van der Waals surface area (Å²) in [4.78, 5) is 32.8. The molecule has 240 valence electrons. The van der Waals surface area contributed by atoms with Gasteiger partial charge in [0.25, 0.3) is 11.8 Å². The Morgan fingerprint density at radius 2 is 1.83 bits per heavy atom. The Morgan fingerprint density at radius 3 is 2.57 bits per heavy atom. The number of benzene rings is 2. The molecule has 46 heavy (non-hydrogen) atoms. The third kappa shape index (κ3) is 6.58. The first-order valence-electron chi connectivity index (χ1n) is 14.7. The molecule has 0 saturated carbocycles. The van der Waals surface area contributed by atoms with Gasteiger partial charge in [-0.2, -0.15) is 18.3 Å². The van der Waals surface area contributed by atoms with Crippen molar-refractivity contribution in [2.24, 2.45) is 0 Å². The third-order valence-electron chi connectivity index (χ3n) is 8.11. The highest BCUT2D eigenvalue weighted by atomic mass is 19.4. The lowest BCUT2D eigenvalue weighted by Crippen LogP contribution is -2.35. The molecule has 4 heterocycles. The molecule has 0 spiro atoms. The van der Waals surface area contributed by atoms with Crippen LogP contribution in [-0.4, -0.2) is 64.3 Å². The molecule has 10 nitrogen and oxygen atoms in total. The quantitative estimate of drug-likeness (QED) is 0.227. The zero-order valence-corrected chi connectivity index (χ0v) is 25.0. The fourth-order valence-corrected chi connectivity index (χ4v) is 5.75. The first-order valence-corrected chi connectivity index (χ1v) is 14.7. The van der Waals surface area contributed by atoms with Crippen molar-refractivity contribution in [1.29, 1.82) is 0 Å². The van der Waals surface area contributed by atoms with Crippen LogP contribution >= 0.6 is 0 Å². The molecule has 2 amide bonds. The van der Waals surface area contributed by atoms with Crippen LogP contribution in [0.4, 0.5) is 34.9 Å². The SMILES string of the molecule is CC1=C(C(=O)Nc2ccc3cnccc3c2)C(c2ccc(C(F)(F)F)c(F)c2)n2nc(NC(=O)COC3CCN(C)CC3)cc2N1. The van der Waals surface area contributed by atoms with Crippen molar-refractivity contribution in [1.82, 2.24) is 19.7 Å². The normalized spacial score (nSPS) is 17.5. The van der Waals surface area contributed by atoms with Crippen LogP contribution in [0.1, 0.15) is 36.9 Å². The second-order valence-corrected chi connectivity index (χ2v) is 11.4. The summed E-state index contributed by atoms with van der Waals surface area (Å²) in [5.41, 5.74) is -0.461. The number of piperidine rings is 1. The molecule has 1 fully saturated rings. The summed E-state index contributed by atoms with van der Waals surface area (Å²) in [6.07, 6.45) is -0.0153. The molecule has 2 aromatic carbocycles. The van der Waals surface area contributed by atoms with Crippen LogP contribution in [0.15, 0.2) is 72.2 Å². The zero-order chi connectivity index (χ0) is 32.6.